The first-order valence-corrected chi connectivity index (χ1v) is 11.7. The zero-order chi connectivity index (χ0) is 23.3. The maximum Gasteiger partial charge on any atom is 0.191 e. The van der Waals surface area contributed by atoms with Crippen LogP contribution in [0.1, 0.15) is 48.8 Å². The van der Waals surface area contributed by atoms with Crippen molar-refractivity contribution in [2.45, 2.75) is 72.4 Å². The van der Waals surface area contributed by atoms with Gasteiger partial charge in [0.25, 0.3) is 0 Å². The highest BCUT2D eigenvalue weighted by Gasteiger charge is 2.22. The molecule has 0 aliphatic carbocycles. The normalized spacial score (nSPS) is 20.9. The summed E-state index contributed by atoms with van der Waals surface area (Å²) in [5, 5.41) is 11.5. The third-order valence-corrected chi connectivity index (χ3v) is 6.16. The number of ether oxygens (including phenoxy) is 1. The van der Waals surface area contributed by atoms with E-state index < -0.39 is 0 Å². The smallest absolute Gasteiger partial charge is 0.191 e. The Kier molecular flexibility index (Phi) is 8.32. The van der Waals surface area contributed by atoms with E-state index in [2.05, 4.69) is 84.5 Å². The quantitative estimate of drug-likeness (QED) is 0.512. The van der Waals surface area contributed by atoms with Crippen molar-refractivity contribution < 1.29 is 4.74 Å². The van der Waals surface area contributed by atoms with E-state index in [1.165, 1.54) is 22.4 Å². The van der Waals surface area contributed by atoms with Crippen LogP contribution in [0.25, 0.3) is 0 Å². The standard InChI is InChI=1S/C25H40N6O/c1-17(12-24-20(4)29-30(7)21(24)5)28-25(26-6)27-13-22-8-10-23(11-9-22)16-31-14-18(2)32-19(3)15-31/h8-11,17-19H,12-16H2,1-7H3,(H2,26,27,28). The number of aryl methyl sites for hydroxylation is 2. The molecular weight excluding hydrogens is 400 g/mol. The molecule has 32 heavy (non-hydrogen) atoms. The molecule has 7 heteroatoms. The minimum absolute atomic E-state index is 0.253. The lowest BCUT2D eigenvalue weighted by Gasteiger charge is -2.35. The minimum Gasteiger partial charge on any atom is -0.373 e. The average Bonchev–Trinajstić information content (AvgIpc) is 2.97. The van der Waals surface area contributed by atoms with Gasteiger partial charge in [-0.15, -0.1) is 0 Å². The van der Waals surface area contributed by atoms with Gasteiger partial charge in [-0.1, -0.05) is 24.3 Å². The number of aromatic nitrogens is 2. The largest absolute Gasteiger partial charge is 0.373 e. The van der Waals surface area contributed by atoms with E-state index in [-0.39, 0.29) is 6.04 Å². The van der Waals surface area contributed by atoms with Crippen LogP contribution in [-0.4, -0.2) is 59.0 Å². The van der Waals surface area contributed by atoms with Gasteiger partial charge in [0.1, 0.15) is 0 Å². The minimum atomic E-state index is 0.253. The first-order chi connectivity index (χ1) is 15.2. The monoisotopic (exact) mass is 440 g/mol. The first kappa shape index (κ1) is 24.3. The van der Waals surface area contributed by atoms with Crippen molar-refractivity contribution in [2.75, 3.05) is 20.1 Å². The molecule has 0 saturated carbocycles. The third kappa shape index (κ3) is 6.56. The Morgan fingerprint density at radius 2 is 1.78 bits per heavy atom. The molecule has 3 unspecified atom stereocenters. The Hall–Kier alpha value is -2.38. The molecule has 0 spiro atoms. The summed E-state index contributed by atoms with van der Waals surface area (Å²) < 4.78 is 7.79. The molecule has 1 aliphatic rings. The predicted octanol–water partition coefficient (Wildman–Crippen LogP) is 2.94. The average molecular weight is 441 g/mol. The van der Waals surface area contributed by atoms with Gasteiger partial charge in [0.15, 0.2) is 5.96 Å². The van der Waals surface area contributed by atoms with Gasteiger partial charge < -0.3 is 15.4 Å². The van der Waals surface area contributed by atoms with Crippen LogP contribution in [0.15, 0.2) is 29.3 Å². The van der Waals surface area contributed by atoms with E-state index in [9.17, 15) is 0 Å². The highest BCUT2D eigenvalue weighted by atomic mass is 16.5. The zero-order valence-corrected chi connectivity index (χ0v) is 20.8. The second-order valence-electron chi connectivity index (χ2n) is 9.22. The lowest BCUT2D eigenvalue weighted by atomic mass is 10.1. The molecule has 7 nitrogen and oxygen atoms in total. The van der Waals surface area contributed by atoms with Gasteiger partial charge in [0.05, 0.1) is 17.9 Å². The predicted molar refractivity (Wildman–Crippen MR) is 131 cm³/mol. The number of aliphatic imine (C=N–C) groups is 1. The van der Waals surface area contributed by atoms with Gasteiger partial charge in [0, 0.05) is 52.0 Å². The number of benzene rings is 1. The molecule has 2 N–H and O–H groups in total. The summed E-state index contributed by atoms with van der Waals surface area (Å²) in [5.74, 6) is 0.817. The first-order valence-electron chi connectivity index (χ1n) is 11.7. The molecule has 0 amide bonds. The summed E-state index contributed by atoms with van der Waals surface area (Å²) in [5.41, 5.74) is 6.21. The summed E-state index contributed by atoms with van der Waals surface area (Å²) in [6.45, 7) is 14.4. The highest BCUT2D eigenvalue weighted by Crippen LogP contribution is 2.15. The molecule has 1 aliphatic heterocycles. The summed E-state index contributed by atoms with van der Waals surface area (Å²) in [7, 11) is 3.81. The molecule has 1 aromatic heterocycles. The Morgan fingerprint density at radius 1 is 1.16 bits per heavy atom. The molecule has 3 atom stereocenters. The van der Waals surface area contributed by atoms with Gasteiger partial charge in [0.2, 0.25) is 0 Å². The Morgan fingerprint density at radius 3 is 2.34 bits per heavy atom. The summed E-state index contributed by atoms with van der Waals surface area (Å²) in [4.78, 5) is 6.88. The SMILES string of the molecule is CN=C(NCc1ccc(CN2CC(C)OC(C)C2)cc1)NC(C)Cc1c(C)nn(C)c1C. The van der Waals surface area contributed by atoms with Crippen molar-refractivity contribution in [3.63, 3.8) is 0 Å². The van der Waals surface area contributed by atoms with E-state index >= 15 is 0 Å². The van der Waals surface area contributed by atoms with E-state index in [1.54, 1.807) is 0 Å². The molecule has 176 valence electrons. The molecule has 2 heterocycles. The van der Waals surface area contributed by atoms with Crippen LogP contribution >= 0.6 is 0 Å². The van der Waals surface area contributed by atoms with Crippen molar-refractivity contribution in [2.24, 2.45) is 12.0 Å². The van der Waals surface area contributed by atoms with Crippen molar-refractivity contribution in [3.05, 3.63) is 52.3 Å². The van der Waals surface area contributed by atoms with Crippen molar-refractivity contribution in [1.29, 1.82) is 0 Å². The zero-order valence-electron chi connectivity index (χ0n) is 20.8. The fraction of sp³-hybridized carbons (Fsp3) is 0.600. The Balaban J connectivity index is 1.48. The second kappa shape index (κ2) is 11.0. The molecule has 1 saturated heterocycles. The van der Waals surface area contributed by atoms with Crippen LogP contribution in [0, 0.1) is 13.8 Å². The van der Waals surface area contributed by atoms with Gasteiger partial charge in [-0.2, -0.15) is 5.10 Å². The maximum absolute atomic E-state index is 5.84. The van der Waals surface area contributed by atoms with Crippen molar-refractivity contribution >= 4 is 5.96 Å². The van der Waals surface area contributed by atoms with Gasteiger partial charge in [-0.05, 0) is 57.7 Å². The number of rotatable bonds is 7. The van der Waals surface area contributed by atoms with Crippen LogP contribution in [0.5, 0.6) is 0 Å². The number of hydrogen-bond acceptors (Lipinski definition) is 4. The summed E-state index contributed by atoms with van der Waals surface area (Å²) >= 11 is 0. The van der Waals surface area contributed by atoms with Gasteiger partial charge >= 0.3 is 0 Å². The molecule has 3 rings (SSSR count). The van der Waals surface area contributed by atoms with E-state index in [0.29, 0.717) is 12.2 Å². The van der Waals surface area contributed by atoms with Crippen LogP contribution in [-0.2, 0) is 31.3 Å². The molecule has 0 radical (unpaired) electrons. The maximum atomic E-state index is 5.84. The topological polar surface area (TPSA) is 66.7 Å². The van der Waals surface area contributed by atoms with E-state index in [1.807, 2.05) is 18.8 Å². The molecule has 1 aromatic carbocycles. The number of nitrogens with zero attached hydrogens (tertiary/aromatic N) is 4. The molecule has 2 aromatic rings. The lowest BCUT2D eigenvalue weighted by molar-refractivity contribution is -0.0704. The number of morpholine rings is 1. The molecule has 0 bridgehead atoms. The number of hydrogen-bond donors (Lipinski definition) is 2. The van der Waals surface area contributed by atoms with Crippen LogP contribution in [0.2, 0.25) is 0 Å². The van der Waals surface area contributed by atoms with E-state index in [0.717, 1.165) is 44.3 Å². The van der Waals surface area contributed by atoms with Crippen LogP contribution < -0.4 is 10.6 Å². The van der Waals surface area contributed by atoms with Crippen LogP contribution in [0.3, 0.4) is 0 Å². The fourth-order valence-electron chi connectivity index (χ4n) is 4.52. The molecule has 1 fully saturated rings. The second-order valence-corrected chi connectivity index (χ2v) is 9.22. The van der Waals surface area contributed by atoms with Gasteiger partial charge in [-0.25, -0.2) is 0 Å². The fourth-order valence-corrected chi connectivity index (χ4v) is 4.52. The number of nitrogens with one attached hydrogen (secondary N) is 2. The lowest BCUT2D eigenvalue weighted by Crippen LogP contribution is -2.44. The summed E-state index contributed by atoms with van der Waals surface area (Å²) in [6, 6.07) is 9.12. The number of guanidine groups is 1. The van der Waals surface area contributed by atoms with Crippen molar-refractivity contribution in [1.82, 2.24) is 25.3 Å². The third-order valence-electron chi connectivity index (χ3n) is 6.16. The Labute approximate surface area is 193 Å². The summed E-state index contributed by atoms with van der Waals surface area (Å²) in [6.07, 6.45) is 1.52. The van der Waals surface area contributed by atoms with E-state index in [4.69, 9.17) is 4.74 Å². The van der Waals surface area contributed by atoms with Gasteiger partial charge in [-0.3, -0.25) is 14.6 Å². The Bertz CT molecular complexity index is 894. The van der Waals surface area contributed by atoms with Crippen LogP contribution in [0.4, 0.5) is 0 Å². The highest BCUT2D eigenvalue weighted by molar-refractivity contribution is 5.79. The van der Waals surface area contributed by atoms with Crippen molar-refractivity contribution in [3.8, 4) is 0 Å². The molecular formula is C25H40N6O.